The summed E-state index contributed by atoms with van der Waals surface area (Å²) in [5.74, 6) is 3.46. The molecule has 5 atom stereocenters. The fraction of sp³-hybridized carbons (Fsp3) is 0.941. The van der Waals surface area contributed by atoms with Crippen molar-refractivity contribution < 1.29 is 4.74 Å². The lowest BCUT2D eigenvalue weighted by Gasteiger charge is -2.28. The summed E-state index contributed by atoms with van der Waals surface area (Å²) in [7, 11) is 6.31. The minimum atomic E-state index is 0. The number of fused-ring (bicyclic) bond motifs is 5. The molecule has 1 aliphatic carbocycles. The molecule has 4 aliphatic rings. The molecular weight excluding hydrogens is 403 g/mol. The van der Waals surface area contributed by atoms with Crippen LogP contribution in [0.5, 0.6) is 0 Å². The van der Waals surface area contributed by atoms with Crippen molar-refractivity contribution in [2.75, 3.05) is 40.8 Å². The van der Waals surface area contributed by atoms with Gasteiger partial charge in [0.15, 0.2) is 5.96 Å². The standard InChI is InChI=1S/C17H30N4O.HI/c1-18-17(19-8-14(20(2)3)11-4-5-11)21-9-12-13(10-21)16-7-6-15(12)22-16;/h11-16H,4-10H2,1-3H3,(H,18,19);1H. The third-order valence-electron chi connectivity index (χ3n) is 6.26. The molecule has 5 unspecified atom stereocenters. The molecule has 23 heavy (non-hydrogen) atoms. The molecule has 2 bridgehead atoms. The smallest absolute Gasteiger partial charge is 0.193 e. The summed E-state index contributed by atoms with van der Waals surface area (Å²) in [6, 6.07) is 0.637. The molecular formula is C17H31IN4O. The van der Waals surface area contributed by atoms with E-state index in [0.29, 0.717) is 18.2 Å². The number of hydrogen-bond acceptors (Lipinski definition) is 3. The van der Waals surface area contributed by atoms with E-state index in [4.69, 9.17) is 4.74 Å². The van der Waals surface area contributed by atoms with E-state index in [2.05, 4.69) is 34.2 Å². The van der Waals surface area contributed by atoms with Crippen molar-refractivity contribution >= 4 is 29.9 Å². The van der Waals surface area contributed by atoms with Gasteiger partial charge in [-0.05, 0) is 45.7 Å². The Bertz CT molecular complexity index is 434. The molecule has 0 radical (unpaired) electrons. The van der Waals surface area contributed by atoms with E-state index in [0.717, 1.165) is 43.3 Å². The molecule has 4 rings (SSSR count). The zero-order valence-corrected chi connectivity index (χ0v) is 16.9. The van der Waals surface area contributed by atoms with Gasteiger partial charge >= 0.3 is 0 Å². The summed E-state index contributed by atoms with van der Waals surface area (Å²) in [6.45, 7) is 3.27. The number of hydrogen-bond donors (Lipinski definition) is 1. The first-order valence-corrected chi connectivity index (χ1v) is 8.95. The number of guanidine groups is 1. The monoisotopic (exact) mass is 434 g/mol. The van der Waals surface area contributed by atoms with Crippen LogP contribution >= 0.6 is 24.0 Å². The van der Waals surface area contributed by atoms with Crippen LogP contribution in [0.15, 0.2) is 4.99 Å². The lowest BCUT2D eigenvalue weighted by atomic mass is 9.82. The first-order chi connectivity index (χ1) is 10.7. The molecule has 0 amide bonds. The van der Waals surface area contributed by atoms with Gasteiger partial charge in [-0.1, -0.05) is 0 Å². The molecule has 3 aliphatic heterocycles. The van der Waals surface area contributed by atoms with Crippen molar-refractivity contribution in [1.82, 2.24) is 15.1 Å². The van der Waals surface area contributed by atoms with Crippen molar-refractivity contribution in [2.45, 2.75) is 43.9 Å². The Labute approximate surface area is 157 Å². The van der Waals surface area contributed by atoms with Gasteiger partial charge in [0.1, 0.15) is 0 Å². The summed E-state index contributed by atoms with van der Waals surface area (Å²) in [6.07, 6.45) is 6.37. The zero-order valence-electron chi connectivity index (χ0n) is 14.6. The highest BCUT2D eigenvalue weighted by Gasteiger charge is 2.53. The zero-order chi connectivity index (χ0) is 15.3. The Morgan fingerprint density at radius 1 is 1.17 bits per heavy atom. The van der Waals surface area contributed by atoms with Crippen LogP contribution < -0.4 is 5.32 Å². The van der Waals surface area contributed by atoms with Crippen LogP contribution in [0.1, 0.15) is 25.7 Å². The number of halogens is 1. The molecule has 3 saturated heterocycles. The van der Waals surface area contributed by atoms with Gasteiger partial charge in [0.2, 0.25) is 0 Å². The molecule has 0 aromatic rings. The number of likely N-dealkylation sites (tertiary alicyclic amines) is 1. The topological polar surface area (TPSA) is 40.1 Å². The summed E-state index contributed by atoms with van der Waals surface area (Å²) in [4.78, 5) is 9.39. The lowest BCUT2D eigenvalue weighted by Crippen LogP contribution is -2.47. The first kappa shape index (κ1) is 17.7. The molecule has 6 heteroatoms. The normalized spacial score (nSPS) is 37.0. The molecule has 0 spiro atoms. The molecule has 0 aromatic carbocycles. The molecule has 1 N–H and O–H groups in total. The SMILES string of the molecule is CN=C(NCC(C1CC1)N(C)C)N1CC2C3CCC(O3)C2C1.I. The maximum absolute atomic E-state index is 6.08. The Hall–Kier alpha value is -0.0800. The van der Waals surface area contributed by atoms with E-state index in [-0.39, 0.29) is 24.0 Å². The highest BCUT2D eigenvalue weighted by atomic mass is 127. The summed E-state index contributed by atoms with van der Waals surface area (Å²) in [5.41, 5.74) is 0. The van der Waals surface area contributed by atoms with Gasteiger partial charge in [0.25, 0.3) is 0 Å². The van der Waals surface area contributed by atoms with Gasteiger partial charge in [-0.2, -0.15) is 0 Å². The van der Waals surface area contributed by atoms with Crippen LogP contribution in [0.25, 0.3) is 0 Å². The van der Waals surface area contributed by atoms with Crippen LogP contribution in [0.3, 0.4) is 0 Å². The molecule has 132 valence electrons. The Kier molecular flexibility index (Phi) is 5.43. The van der Waals surface area contributed by atoms with Crippen molar-refractivity contribution in [3.05, 3.63) is 0 Å². The first-order valence-electron chi connectivity index (χ1n) is 8.95. The molecule has 3 heterocycles. The number of ether oxygens (including phenoxy) is 1. The van der Waals surface area contributed by atoms with E-state index in [1.54, 1.807) is 0 Å². The quantitative estimate of drug-likeness (QED) is 0.415. The molecule has 0 aromatic heterocycles. The minimum absolute atomic E-state index is 0. The van der Waals surface area contributed by atoms with Crippen molar-refractivity contribution in [2.24, 2.45) is 22.7 Å². The van der Waals surface area contributed by atoms with E-state index in [1.807, 2.05) is 7.05 Å². The van der Waals surface area contributed by atoms with Gasteiger partial charge < -0.3 is 19.9 Å². The fourth-order valence-corrected chi connectivity index (χ4v) is 4.91. The van der Waals surface area contributed by atoms with Crippen LogP contribution in [-0.2, 0) is 4.74 Å². The van der Waals surface area contributed by atoms with E-state index < -0.39 is 0 Å². The molecule has 4 fully saturated rings. The van der Waals surface area contributed by atoms with Crippen molar-refractivity contribution in [3.8, 4) is 0 Å². The molecule has 5 nitrogen and oxygen atoms in total. The Morgan fingerprint density at radius 2 is 1.78 bits per heavy atom. The predicted molar refractivity (Wildman–Crippen MR) is 103 cm³/mol. The second-order valence-electron chi connectivity index (χ2n) is 7.82. The summed E-state index contributed by atoms with van der Waals surface area (Å²) in [5, 5.41) is 3.65. The maximum Gasteiger partial charge on any atom is 0.193 e. The minimum Gasteiger partial charge on any atom is -0.374 e. The highest BCUT2D eigenvalue weighted by Crippen LogP contribution is 2.47. The highest BCUT2D eigenvalue weighted by molar-refractivity contribution is 14.0. The van der Waals surface area contributed by atoms with E-state index in [9.17, 15) is 0 Å². The van der Waals surface area contributed by atoms with Gasteiger partial charge in [0, 0.05) is 44.6 Å². The van der Waals surface area contributed by atoms with Gasteiger partial charge in [0.05, 0.1) is 12.2 Å². The van der Waals surface area contributed by atoms with Crippen LogP contribution in [-0.4, -0.2) is 74.8 Å². The number of likely N-dealkylation sites (N-methyl/N-ethyl adjacent to an activating group) is 1. The van der Waals surface area contributed by atoms with Crippen molar-refractivity contribution in [1.29, 1.82) is 0 Å². The number of nitrogens with zero attached hydrogens (tertiary/aromatic N) is 3. The number of aliphatic imine (C=N–C) groups is 1. The Balaban J connectivity index is 0.00000156. The van der Waals surface area contributed by atoms with Crippen LogP contribution in [0, 0.1) is 17.8 Å². The second kappa shape index (κ2) is 7.04. The third-order valence-corrected chi connectivity index (χ3v) is 6.26. The van der Waals surface area contributed by atoms with Gasteiger partial charge in [-0.25, -0.2) is 0 Å². The average Bonchev–Trinajstić information content (AvgIpc) is 2.96. The van der Waals surface area contributed by atoms with Gasteiger partial charge in [-0.15, -0.1) is 24.0 Å². The summed E-state index contributed by atoms with van der Waals surface area (Å²) < 4.78 is 6.08. The lowest BCUT2D eigenvalue weighted by molar-refractivity contribution is 0.0766. The van der Waals surface area contributed by atoms with Crippen LogP contribution in [0.4, 0.5) is 0 Å². The second-order valence-corrected chi connectivity index (χ2v) is 7.82. The van der Waals surface area contributed by atoms with Gasteiger partial charge in [-0.3, -0.25) is 4.99 Å². The third kappa shape index (κ3) is 3.35. The summed E-state index contributed by atoms with van der Waals surface area (Å²) >= 11 is 0. The number of nitrogens with one attached hydrogen (secondary N) is 1. The number of rotatable bonds is 4. The Morgan fingerprint density at radius 3 is 2.26 bits per heavy atom. The average molecular weight is 434 g/mol. The van der Waals surface area contributed by atoms with E-state index in [1.165, 1.54) is 25.7 Å². The fourth-order valence-electron chi connectivity index (χ4n) is 4.91. The largest absolute Gasteiger partial charge is 0.374 e. The predicted octanol–water partition coefficient (Wildman–Crippen LogP) is 1.63. The van der Waals surface area contributed by atoms with E-state index >= 15 is 0 Å². The molecule has 1 saturated carbocycles. The van der Waals surface area contributed by atoms with Crippen molar-refractivity contribution in [3.63, 3.8) is 0 Å². The van der Waals surface area contributed by atoms with Crippen LogP contribution in [0.2, 0.25) is 0 Å². The maximum atomic E-state index is 6.08.